The lowest BCUT2D eigenvalue weighted by Crippen LogP contribution is -2.50. The van der Waals surface area contributed by atoms with Gasteiger partial charge in [-0.15, -0.1) is 0 Å². The number of β-amino-alcohol motifs (C(OH)–C–C–N with tert-alkyl or cyclic N) is 1. The average molecular weight is 293 g/mol. The number of aryl methyl sites for hydroxylation is 1. The molecule has 0 radical (unpaired) electrons. The van der Waals surface area contributed by atoms with E-state index in [4.69, 9.17) is 0 Å². The SMILES string of the molecule is CCc1nc(NC)cc(N2CCN(CC(C)(C)O)CC2)n1. The molecule has 21 heavy (non-hydrogen) atoms. The Hall–Kier alpha value is -1.40. The largest absolute Gasteiger partial charge is 0.389 e. The van der Waals surface area contributed by atoms with E-state index in [0.29, 0.717) is 6.54 Å². The molecule has 6 heteroatoms. The van der Waals surface area contributed by atoms with Crippen LogP contribution < -0.4 is 10.2 Å². The lowest BCUT2D eigenvalue weighted by molar-refractivity contribution is 0.0344. The summed E-state index contributed by atoms with van der Waals surface area (Å²) in [5.74, 6) is 2.74. The van der Waals surface area contributed by atoms with Crippen LogP contribution >= 0.6 is 0 Å². The number of nitrogens with one attached hydrogen (secondary N) is 1. The van der Waals surface area contributed by atoms with Gasteiger partial charge < -0.3 is 15.3 Å². The second-order valence-corrected chi connectivity index (χ2v) is 6.21. The highest BCUT2D eigenvalue weighted by molar-refractivity contribution is 5.49. The molecular formula is C15H27N5O. The molecule has 0 unspecified atom stereocenters. The van der Waals surface area contributed by atoms with Crippen LogP contribution in [0.1, 0.15) is 26.6 Å². The van der Waals surface area contributed by atoms with Crippen molar-refractivity contribution in [1.29, 1.82) is 0 Å². The van der Waals surface area contributed by atoms with Crippen molar-refractivity contribution >= 4 is 11.6 Å². The average Bonchev–Trinajstić information content (AvgIpc) is 2.45. The van der Waals surface area contributed by atoms with Crippen molar-refractivity contribution in [2.75, 3.05) is 50.0 Å². The number of rotatable bonds is 5. The fourth-order valence-corrected chi connectivity index (χ4v) is 2.61. The maximum absolute atomic E-state index is 9.91. The Labute approximate surface area is 127 Å². The normalized spacial score (nSPS) is 17.1. The molecule has 0 bridgehead atoms. The third-order valence-electron chi connectivity index (χ3n) is 3.64. The fourth-order valence-electron chi connectivity index (χ4n) is 2.61. The molecule has 0 amide bonds. The van der Waals surface area contributed by atoms with Gasteiger partial charge in [-0.3, -0.25) is 4.90 Å². The minimum atomic E-state index is -0.633. The van der Waals surface area contributed by atoms with Crippen molar-refractivity contribution in [2.45, 2.75) is 32.8 Å². The molecule has 2 heterocycles. The van der Waals surface area contributed by atoms with Crippen molar-refractivity contribution in [3.8, 4) is 0 Å². The second kappa shape index (κ2) is 6.58. The van der Waals surface area contributed by atoms with E-state index in [9.17, 15) is 5.11 Å². The zero-order valence-electron chi connectivity index (χ0n) is 13.6. The number of hydrogen-bond acceptors (Lipinski definition) is 6. The van der Waals surface area contributed by atoms with Gasteiger partial charge in [0.2, 0.25) is 0 Å². The third-order valence-corrected chi connectivity index (χ3v) is 3.64. The molecule has 1 aromatic rings. The molecule has 1 aliphatic heterocycles. The predicted octanol–water partition coefficient (Wildman–Crippen LogP) is 0.974. The maximum atomic E-state index is 9.91. The quantitative estimate of drug-likeness (QED) is 0.843. The van der Waals surface area contributed by atoms with Crippen LogP contribution in [0.2, 0.25) is 0 Å². The van der Waals surface area contributed by atoms with Crippen molar-refractivity contribution in [3.05, 3.63) is 11.9 Å². The van der Waals surface area contributed by atoms with Crippen LogP contribution in [0.15, 0.2) is 6.07 Å². The van der Waals surface area contributed by atoms with E-state index >= 15 is 0 Å². The number of hydrogen-bond donors (Lipinski definition) is 2. The lowest BCUT2D eigenvalue weighted by Gasteiger charge is -2.37. The first-order valence-corrected chi connectivity index (χ1v) is 7.66. The van der Waals surface area contributed by atoms with Crippen LogP contribution in [0.4, 0.5) is 11.6 Å². The van der Waals surface area contributed by atoms with E-state index in [2.05, 4.69) is 32.0 Å². The Morgan fingerprint density at radius 2 is 1.90 bits per heavy atom. The molecule has 0 aliphatic carbocycles. The number of aliphatic hydroxyl groups is 1. The summed E-state index contributed by atoms with van der Waals surface area (Å²) < 4.78 is 0. The zero-order valence-corrected chi connectivity index (χ0v) is 13.6. The Morgan fingerprint density at radius 1 is 1.24 bits per heavy atom. The fraction of sp³-hybridized carbons (Fsp3) is 0.733. The lowest BCUT2D eigenvalue weighted by atomic mass is 10.1. The molecule has 1 fully saturated rings. The smallest absolute Gasteiger partial charge is 0.134 e. The van der Waals surface area contributed by atoms with E-state index in [1.165, 1.54) is 0 Å². The summed E-state index contributed by atoms with van der Waals surface area (Å²) in [7, 11) is 1.88. The van der Waals surface area contributed by atoms with Gasteiger partial charge in [0.15, 0.2) is 0 Å². The van der Waals surface area contributed by atoms with Crippen molar-refractivity contribution in [1.82, 2.24) is 14.9 Å². The molecule has 0 saturated carbocycles. The van der Waals surface area contributed by atoms with E-state index in [1.807, 2.05) is 27.0 Å². The van der Waals surface area contributed by atoms with Crippen molar-refractivity contribution < 1.29 is 5.11 Å². The minimum absolute atomic E-state index is 0.633. The van der Waals surface area contributed by atoms with Gasteiger partial charge in [0.05, 0.1) is 5.60 Å². The molecule has 1 aromatic heterocycles. The van der Waals surface area contributed by atoms with Gasteiger partial charge in [-0.2, -0.15) is 0 Å². The standard InChI is InChI=1S/C15H27N5O/c1-5-12-17-13(16-4)10-14(18-12)20-8-6-19(7-9-20)11-15(2,3)21/h10,21H,5-9,11H2,1-4H3,(H,16,17,18). The highest BCUT2D eigenvalue weighted by atomic mass is 16.3. The van der Waals surface area contributed by atoms with Gasteiger partial charge in [-0.25, -0.2) is 9.97 Å². The third kappa shape index (κ3) is 4.54. The molecular weight excluding hydrogens is 266 g/mol. The van der Waals surface area contributed by atoms with E-state index in [-0.39, 0.29) is 0 Å². The Bertz CT molecular complexity index is 441. The van der Waals surface area contributed by atoms with E-state index < -0.39 is 5.60 Å². The van der Waals surface area contributed by atoms with Crippen LogP contribution in [-0.4, -0.2) is 65.3 Å². The summed E-state index contributed by atoms with van der Waals surface area (Å²) in [5, 5.41) is 13.0. The predicted molar refractivity (Wildman–Crippen MR) is 85.9 cm³/mol. The van der Waals surface area contributed by atoms with Gasteiger partial charge >= 0.3 is 0 Å². The van der Waals surface area contributed by atoms with Crippen LogP contribution in [0.3, 0.4) is 0 Å². The molecule has 118 valence electrons. The summed E-state index contributed by atoms with van der Waals surface area (Å²) >= 11 is 0. The van der Waals surface area contributed by atoms with Gasteiger partial charge in [0.25, 0.3) is 0 Å². The second-order valence-electron chi connectivity index (χ2n) is 6.21. The molecule has 2 rings (SSSR count). The summed E-state index contributed by atoms with van der Waals surface area (Å²) in [6, 6.07) is 2.00. The Balaban J connectivity index is 2.02. The monoisotopic (exact) mass is 293 g/mol. The first-order valence-electron chi connectivity index (χ1n) is 7.66. The molecule has 0 atom stereocenters. The summed E-state index contributed by atoms with van der Waals surface area (Å²) in [6.07, 6.45) is 0.835. The first-order chi connectivity index (χ1) is 9.91. The maximum Gasteiger partial charge on any atom is 0.134 e. The molecule has 0 aromatic carbocycles. The van der Waals surface area contributed by atoms with Crippen LogP contribution in [0.5, 0.6) is 0 Å². The number of piperazine rings is 1. The number of anilines is 2. The first kappa shape index (κ1) is 16.0. The highest BCUT2D eigenvalue weighted by Gasteiger charge is 2.23. The van der Waals surface area contributed by atoms with Crippen LogP contribution in [-0.2, 0) is 6.42 Å². The Kier molecular flexibility index (Phi) is 5.00. The molecule has 2 N–H and O–H groups in total. The molecule has 0 spiro atoms. The van der Waals surface area contributed by atoms with Gasteiger partial charge in [-0.05, 0) is 13.8 Å². The van der Waals surface area contributed by atoms with Crippen LogP contribution in [0, 0.1) is 0 Å². The molecule has 6 nitrogen and oxygen atoms in total. The Morgan fingerprint density at radius 3 is 2.43 bits per heavy atom. The van der Waals surface area contributed by atoms with Gasteiger partial charge in [0.1, 0.15) is 17.5 Å². The van der Waals surface area contributed by atoms with Crippen molar-refractivity contribution in [2.24, 2.45) is 0 Å². The number of aromatic nitrogens is 2. The van der Waals surface area contributed by atoms with Crippen LogP contribution in [0.25, 0.3) is 0 Å². The van der Waals surface area contributed by atoms with E-state index in [0.717, 1.165) is 50.1 Å². The molecule has 1 saturated heterocycles. The summed E-state index contributed by atoms with van der Waals surface area (Å²) in [5.41, 5.74) is -0.633. The van der Waals surface area contributed by atoms with Gasteiger partial charge in [0, 0.05) is 52.3 Å². The van der Waals surface area contributed by atoms with Gasteiger partial charge in [-0.1, -0.05) is 6.92 Å². The number of nitrogens with zero attached hydrogens (tertiary/aromatic N) is 4. The minimum Gasteiger partial charge on any atom is -0.389 e. The topological polar surface area (TPSA) is 64.5 Å². The summed E-state index contributed by atoms with van der Waals surface area (Å²) in [4.78, 5) is 13.7. The summed E-state index contributed by atoms with van der Waals surface area (Å²) in [6.45, 7) is 10.3. The highest BCUT2D eigenvalue weighted by Crippen LogP contribution is 2.18. The zero-order chi connectivity index (χ0) is 15.5. The van der Waals surface area contributed by atoms with Crippen molar-refractivity contribution in [3.63, 3.8) is 0 Å². The molecule has 1 aliphatic rings. The van der Waals surface area contributed by atoms with E-state index in [1.54, 1.807) is 0 Å².